The molecule has 0 spiro atoms. The summed E-state index contributed by atoms with van der Waals surface area (Å²) in [4.78, 5) is 11.6. The number of ether oxygens (including phenoxy) is 1. The van der Waals surface area contributed by atoms with Gasteiger partial charge in [0.2, 0.25) is 0 Å². The van der Waals surface area contributed by atoms with E-state index in [1.54, 1.807) is 43.3 Å². The lowest BCUT2D eigenvalue weighted by Crippen LogP contribution is -2.38. The molecule has 0 aliphatic rings. The maximum Gasteiger partial charge on any atom is 0.319 e. The highest BCUT2D eigenvalue weighted by Gasteiger charge is 2.06. The number of hydrogen-bond acceptors (Lipinski definition) is 3. The largest absolute Gasteiger partial charge is 0.457 e. The van der Waals surface area contributed by atoms with Crippen LogP contribution in [0.5, 0.6) is 11.5 Å². The van der Waals surface area contributed by atoms with E-state index in [2.05, 4.69) is 10.6 Å². The molecular weight excluding hydrogens is 287 g/mol. The van der Waals surface area contributed by atoms with Crippen LogP contribution in [0.2, 0.25) is 0 Å². The second-order valence-electron chi connectivity index (χ2n) is 4.77. The molecular formula is C16H17FN2O3. The molecule has 6 heteroatoms. The first kappa shape index (κ1) is 15.8. The fourth-order valence-corrected chi connectivity index (χ4v) is 1.71. The molecule has 0 aliphatic carbocycles. The Hall–Kier alpha value is -2.60. The lowest BCUT2D eigenvalue weighted by molar-refractivity contribution is 0.229. The Kier molecular flexibility index (Phi) is 5.32. The molecule has 5 nitrogen and oxygen atoms in total. The smallest absolute Gasteiger partial charge is 0.319 e. The molecule has 1 unspecified atom stereocenters. The van der Waals surface area contributed by atoms with Gasteiger partial charge in [0.05, 0.1) is 12.6 Å². The van der Waals surface area contributed by atoms with Crippen molar-refractivity contribution in [1.29, 1.82) is 0 Å². The van der Waals surface area contributed by atoms with Gasteiger partial charge in [-0.3, -0.25) is 0 Å². The van der Waals surface area contributed by atoms with E-state index in [9.17, 15) is 9.18 Å². The van der Waals surface area contributed by atoms with Crippen LogP contribution in [0, 0.1) is 5.82 Å². The van der Waals surface area contributed by atoms with E-state index in [1.807, 2.05) is 0 Å². The average molecular weight is 304 g/mol. The zero-order valence-electron chi connectivity index (χ0n) is 12.0. The number of anilines is 1. The van der Waals surface area contributed by atoms with Crippen LogP contribution in [0.25, 0.3) is 0 Å². The summed E-state index contributed by atoms with van der Waals surface area (Å²) in [5.41, 5.74) is 0.578. The Morgan fingerprint density at radius 1 is 1.23 bits per heavy atom. The summed E-state index contributed by atoms with van der Waals surface area (Å²) in [6, 6.07) is 11.8. The number of aliphatic hydroxyl groups is 1. The molecule has 2 aromatic carbocycles. The summed E-state index contributed by atoms with van der Waals surface area (Å²) in [7, 11) is 0. The Bertz CT molecular complexity index is 632. The van der Waals surface area contributed by atoms with Crippen LogP contribution in [0.4, 0.5) is 14.9 Å². The van der Waals surface area contributed by atoms with Gasteiger partial charge in [-0.15, -0.1) is 0 Å². The third-order valence-corrected chi connectivity index (χ3v) is 2.80. The van der Waals surface area contributed by atoms with Gasteiger partial charge in [-0.25, -0.2) is 9.18 Å². The SMILES string of the molecule is CC(CO)NC(=O)Nc1ccc(Oc2cccc(F)c2)cc1. The lowest BCUT2D eigenvalue weighted by Gasteiger charge is -2.12. The number of amides is 2. The third-order valence-electron chi connectivity index (χ3n) is 2.80. The van der Waals surface area contributed by atoms with Crippen molar-refractivity contribution in [2.24, 2.45) is 0 Å². The van der Waals surface area contributed by atoms with E-state index < -0.39 is 6.03 Å². The van der Waals surface area contributed by atoms with Crippen LogP contribution >= 0.6 is 0 Å². The number of urea groups is 1. The minimum Gasteiger partial charge on any atom is -0.457 e. The molecule has 2 rings (SSSR count). The van der Waals surface area contributed by atoms with Gasteiger partial charge in [-0.05, 0) is 43.3 Å². The van der Waals surface area contributed by atoms with E-state index >= 15 is 0 Å². The van der Waals surface area contributed by atoms with Gasteiger partial charge in [-0.1, -0.05) is 6.07 Å². The van der Waals surface area contributed by atoms with E-state index in [4.69, 9.17) is 9.84 Å². The van der Waals surface area contributed by atoms with Gasteiger partial charge in [0.25, 0.3) is 0 Å². The summed E-state index contributed by atoms with van der Waals surface area (Å²) >= 11 is 0. The van der Waals surface area contributed by atoms with Crippen LogP contribution in [0.15, 0.2) is 48.5 Å². The molecule has 0 fully saturated rings. The van der Waals surface area contributed by atoms with Gasteiger partial charge in [0, 0.05) is 11.8 Å². The second kappa shape index (κ2) is 7.42. The van der Waals surface area contributed by atoms with Crippen molar-refractivity contribution < 1.29 is 19.0 Å². The van der Waals surface area contributed by atoms with Crippen molar-refractivity contribution in [3.63, 3.8) is 0 Å². The highest BCUT2D eigenvalue weighted by Crippen LogP contribution is 2.23. The van der Waals surface area contributed by atoms with E-state index in [0.717, 1.165) is 0 Å². The summed E-state index contributed by atoms with van der Waals surface area (Å²) in [6.07, 6.45) is 0. The van der Waals surface area contributed by atoms with Gasteiger partial charge >= 0.3 is 6.03 Å². The van der Waals surface area contributed by atoms with Crippen molar-refractivity contribution in [2.75, 3.05) is 11.9 Å². The number of aliphatic hydroxyl groups excluding tert-OH is 1. The first-order chi connectivity index (χ1) is 10.6. The Labute approximate surface area is 127 Å². The van der Waals surface area contributed by atoms with Crippen molar-refractivity contribution in [3.05, 3.63) is 54.3 Å². The molecule has 0 heterocycles. The first-order valence-corrected chi connectivity index (χ1v) is 6.78. The Morgan fingerprint density at radius 3 is 2.59 bits per heavy atom. The molecule has 0 bridgehead atoms. The van der Waals surface area contributed by atoms with Crippen LogP contribution in [-0.4, -0.2) is 23.8 Å². The zero-order valence-corrected chi connectivity index (χ0v) is 12.0. The third kappa shape index (κ3) is 4.75. The van der Waals surface area contributed by atoms with E-state index in [0.29, 0.717) is 17.2 Å². The number of nitrogens with one attached hydrogen (secondary N) is 2. The van der Waals surface area contributed by atoms with Crippen LogP contribution in [0.3, 0.4) is 0 Å². The maximum absolute atomic E-state index is 13.1. The fraction of sp³-hybridized carbons (Fsp3) is 0.188. The van der Waals surface area contributed by atoms with Gasteiger partial charge < -0.3 is 20.5 Å². The summed E-state index contributed by atoms with van der Waals surface area (Å²) in [6.45, 7) is 1.56. The fourth-order valence-electron chi connectivity index (χ4n) is 1.71. The van der Waals surface area contributed by atoms with Crippen molar-refractivity contribution >= 4 is 11.7 Å². The number of carbonyl (C=O) groups is 1. The summed E-state index contributed by atoms with van der Waals surface area (Å²) < 4.78 is 18.6. The molecule has 0 saturated carbocycles. The summed E-state index contributed by atoms with van der Waals surface area (Å²) in [5.74, 6) is 0.556. The van der Waals surface area contributed by atoms with Gasteiger partial charge in [0.1, 0.15) is 17.3 Å². The van der Waals surface area contributed by atoms with Gasteiger partial charge in [0.15, 0.2) is 0 Å². The van der Waals surface area contributed by atoms with Crippen LogP contribution in [0.1, 0.15) is 6.92 Å². The molecule has 3 N–H and O–H groups in total. The molecule has 0 aromatic heterocycles. The quantitative estimate of drug-likeness (QED) is 0.795. The lowest BCUT2D eigenvalue weighted by atomic mass is 10.3. The first-order valence-electron chi connectivity index (χ1n) is 6.78. The molecule has 1 atom stereocenters. The Balaban J connectivity index is 1.94. The molecule has 0 aliphatic heterocycles. The maximum atomic E-state index is 13.1. The minimum atomic E-state index is -0.402. The van der Waals surface area contributed by atoms with Crippen LogP contribution < -0.4 is 15.4 Å². The second-order valence-corrected chi connectivity index (χ2v) is 4.77. The zero-order chi connectivity index (χ0) is 15.9. The molecule has 116 valence electrons. The highest BCUT2D eigenvalue weighted by atomic mass is 19.1. The monoisotopic (exact) mass is 304 g/mol. The number of carbonyl (C=O) groups excluding carboxylic acids is 1. The van der Waals surface area contributed by atoms with Crippen molar-refractivity contribution in [2.45, 2.75) is 13.0 Å². The van der Waals surface area contributed by atoms with Gasteiger partial charge in [-0.2, -0.15) is 0 Å². The predicted molar refractivity (Wildman–Crippen MR) is 81.6 cm³/mol. The highest BCUT2D eigenvalue weighted by molar-refractivity contribution is 5.89. The standard InChI is InChI=1S/C16H17FN2O3/c1-11(10-20)18-16(21)19-13-5-7-14(8-6-13)22-15-4-2-3-12(17)9-15/h2-9,11,20H,10H2,1H3,(H2,18,19,21). The molecule has 2 aromatic rings. The number of rotatable bonds is 5. The topological polar surface area (TPSA) is 70.6 Å². The molecule has 0 saturated heterocycles. The van der Waals surface area contributed by atoms with E-state index in [1.165, 1.54) is 12.1 Å². The normalized spacial score (nSPS) is 11.6. The molecule has 22 heavy (non-hydrogen) atoms. The number of hydrogen-bond donors (Lipinski definition) is 3. The average Bonchev–Trinajstić information content (AvgIpc) is 2.49. The predicted octanol–water partition coefficient (Wildman–Crippen LogP) is 3.12. The Morgan fingerprint density at radius 2 is 1.95 bits per heavy atom. The minimum absolute atomic E-state index is 0.131. The molecule has 0 radical (unpaired) electrons. The van der Waals surface area contributed by atoms with Crippen molar-refractivity contribution in [1.82, 2.24) is 5.32 Å². The van der Waals surface area contributed by atoms with Crippen LogP contribution in [-0.2, 0) is 0 Å². The number of halogens is 1. The van der Waals surface area contributed by atoms with Crippen molar-refractivity contribution in [3.8, 4) is 11.5 Å². The summed E-state index contributed by atoms with van der Waals surface area (Å²) in [5, 5.41) is 14.1. The molecule has 2 amide bonds. The number of benzene rings is 2. The van der Waals surface area contributed by atoms with E-state index in [-0.39, 0.29) is 18.5 Å².